The Morgan fingerprint density at radius 2 is 2.04 bits per heavy atom. The van der Waals surface area contributed by atoms with E-state index in [1.807, 2.05) is 6.92 Å². The number of halogens is 1. The predicted octanol–water partition coefficient (Wildman–Crippen LogP) is 3.35. The molecule has 0 aliphatic heterocycles. The molecule has 0 aromatic heterocycles. The van der Waals surface area contributed by atoms with Crippen molar-refractivity contribution in [2.24, 2.45) is 0 Å². The number of nitrogens with one attached hydrogen (secondary N) is 1. The maximum Gasteiger partial charge on any atom is 0.251 e. The van der Waals surface area contributed by atoms with Gasteiger partial charge in [0.15, 0.2) is 0 Å². The molecule has 0 spiro atoms. The van der Waals surface area contributed by atoms with Crippen LogP contribution in [0.1, 0.15) is 23.7 Å². The average Bonchev–Trinajstić information content (AvgIpc) is 2.54. The summed E-state index contributed by atoms with van der Waals surface area (Å²) in [4.78, 5) is 12.1. The Morgan fingerprint density at radius 3 is 2.78 bits per heavy atom. The second-order valence-corrected chi connectivity index (χ2v) is 5.11. The fourth-order valence-corrected chi connectivity index (χ4v) is 2.16. The van der Waals surface area contributed by atoms with Crippen LogP contribution >= 0.6 is 0 Å². The lowest BCUT2D eigenvalue weighted by molar-refractivity contribution is 0.0915. The van der Waals surface area contributed by atoms with E-state index in [9.17, 15) is 14.3 Å². The van der Waals surface area contributed by atoms with E-state index < -0.39 is 5.82 Å². The van der Waals surface area contributed by atoms with E-state index in [0.717, 1.165) is 12.5 Å². The predicted molar refractivity (Wildman–Crippen MR) is 86.9 cm³/mol. The Hall–Kier alpha value is -2.40. The van der Waals surface area contributed by atoms with Gasteiger partial charge in [-0.25, -0.2) is 4.39 Å². The van der Waals surface area contributed by atoms with Gasteiger partial charge in [-0.15, -0.1) is 0 Å². The number of carbonyl (C=O) groups is 1. The van der Waals surface area contributed by atoms with E-state index in [4.69, 9.17) is 4.74 Å². The summed E-state index contributed by atoms with van der Waals surface area (Å²) in [6.45, 7) is 3.60. The molecule has 0 saturated heterocycles. The number of hydrogen-bond donors (Lipinski definition) is 2. The molecular formula is C18H20FNO3. The Morgan fingerprint density at radius 1 is 1.22 bits per heavy atom. The van der Waals surface area contributed by atoms with E-state index in [-0.39, 0.29) is 11.7 Å². The Kier molecular flexibility index (Phi) is 6.11. The van der Waals surface area contributed by atoms with Crippen LogP contribution in [0.3, 0.4) is 0 Å². The molecule has 2 aromatic carbocycles. The summed E-state index contributed by atoms with van der Waals surface area (Å²) in [7, 11) is 0. The molecule has 0 aliphatic carbocycles. The van der Waals surface area contributed by atoms with E-state index in [1.165, 1.54) is 12.1 Å². The quantitative estimate of drug-likeness (QED) is 0.770. The van der Waals surface area contributed by atoms with Crippen LogP contribution in [0.25, 0.3) is 11.1 Å². The third-order valence-corrected chi connectivity index (χ3v) is 3.28. The number of carbonyl (C=O) groups excluding carboxylic acids is 1. The van der Waals surface area contributed by atoms with Crippen molar-refractivity contribution in [3.05, 3.63) is 53.8 Å². The van der Waals surface area contributed by atoms with Crippen molar-refractivity contribution in [3.8, 4) is 16.9 Å². The summed E-state index contributed by atoms with van der Waals surface area (Å²) in [5, 5.41) is 12.6. The Balaban J connectivity index is 2.06. The molecule has 5 heteroatoms. The molecule has 2 N–H and O–H groups in total. The monoisotopic (exact) mass is 317 g/mol. The molecule has 2 rings (SSSR count). The number of benzene rings is 2. The van der Waals surface area contributed by atoms with E-state index in [0.29, 0.717) is 36.4 Å². The second kappa shape index (κ2) is 8.29. The molecule has 0 saturated carbocycles. The van der Waals surface area contributed by atoms with Crippen LogP contribution < -0.4 is 5.32 Å². The minimum absolute atomic E-state index is 0.157. The van der Waals surface area contributed by atoms with E-state index in [2.05, 4.69) is 5.32 Å². The lowest BCUT2D eigenvalue weighted by atomic mass is 10.0. The molecule has 0 atom stereocenters. The van der Waals surface area contributed by atoms with Crippen molar-refractivity contribution in [1.29, 1.82) is 0 Å². The number of phenolic OH excluding ortho intramolecular Hbond substituents is 1. The Labute approximate surface area is 134 Å². The van der Waals surface area contributed by atoms with Gasteiger partial charge in [0.2, 0.25) is 0 Å². The fourth-order valence-electron chi connectivity index (χ4n) is 2.16. The highest BCUT2D eigenvalue weighted by atomic mass is 19.1. The molecule has 0 bridgehead atoms. The van der Waals surface area contributed by atoms with Crippen molar-refractivity contribution < 1.29 is 19.0 Å². The van der Waals surface area contributed by atoms with Crippen LogP contribution in [0.4, 0.5) is 4.39 Å². The number of phenols is 1. The lowest BCUT2D eigenvalue weighted by Crippen LogP contribution is -2.27. The average molecular weight is 317 g/mol. The second-order valence-electron chi connectivity index (χ2n) is 5.11. The smallest absolute Gasteiger partial charge is 0.251 e. The van der Waals surface area contributed by atoms with Crippen LogP contribution in [-0.2, 0) is 4.74 Å². The number of rotatable bonds is 7. The highest BCUT2D eigenvalue weighted by Gasteiger charge is 2.09. The van der Waals surface area contributed by atoms with Gasteiger partial charge in [-0.05, 0) is 36.2 Å². The maximum absolute atomic E-state index is 13.1. The van der Waals surface area contributed by atoms with Crippen LogP contribution in [0.5, 0.6) is 5.75 Å². The van der Waals surface area contributed by atoms with E-state index in [1.54, 1.807) is 24.3 Å². The molecule has 0 aliphatic rings. The van der Waals surface area contributed by atoms with Gasteiger partial charge in [-0.2, -0.15) is 0 Å². The first-order valence-electron chi connectivity index (χ1n) is 7.56. The van der Waals surface area contributed by atoms with Gasteiger partial charge in [0.25, 0.3) is 5.91 Å². The SMILES string of the molecule is CCCOCCNC(=O)c1cccc(-c2ccc(F)cc2O)c1. The van der Waals surface area contributed by atoms with Gasteiger partial charge in [0.1, 0.15) is 11.6 Å². The highest BCUT2D eigenvalue weighted by Crippen LogP contribution is 2.30. The summed E-state index contributed by atoms with van der Waals surface area (Å²) >= 11 is 0. The van der Waals surface area contributed by atoms with Gasteiger partial charge in [0.05, 0.1) is 6.61 Å². The normalized spacial score (nSPS) is 10.5. The van der Waals surface area contributed by atoms with Gasteiger partial charge >= 0.3 is 0 Å². The molecule has 1 amide bonds. The van der Waals surface area contributed by atoms with Crippen LogP contribution in [0.2, 0.25) is 0 Å². The van der Waals surface area contributed by atoms with Gasteiger partial charge in [-0.1, -0.05) is 19.1 Å². The molecule has 0 unspecified atom stereocenters. The first-order valence-corrected chi connectivity index (χ1v) is 7.56. The van der Waals surface area contributed by atoms with Crippen molar-refractivity contribution in [2.45, 2.75) is 13.3 Å². The summed E-state index contributed by atoms with van der Waals surface area (Å²) in [5.41, 5.74) is 1.60. The molecule has 4 nitrogen and oxygen atoms in total. The third-order valence-electron chi connectivity index (χ3n) is 3.28. The zero-order valence-corrected chi connectivity index (χ0v) is 13.0. The zero-order chi connectivity index (χ0) is 16.7. The van der Waals surface area contributed by atoms with Crippen LogP contribution in [-0.4, -0.2) is 30.8 Å². The number of ether oxygens (including phenoxy) is 1. The summed E-state index contributed by atoms with van der Waals surface area (Å²) in [5.74, 6) is -0.878. The molecule has 2 aromatic rings. The van der Waals surface area contributed by atoms with Crippen molar-refractivity contribution in [1.82, 2.24) is 5.32 Å². The zero-order valence-electron chi connectivity index (χ0n) is 13.0. The van der Waals surface area contributed by atoms with E-state index >= 15 is 0 Å². The standard InChI is InChI=1S/C18H20FNO3/c1-2-9-23-10-8-20-18(22)14-5-3-4-13(11-14)16-7-6-15(19)12-17(16)21/h3-7,11-12,21H,2,8-10H2,1H3,(H,20,22). The largest absolute Gasteiger partial charge is 0.507 e. The molecular weight excluding hydrogens is 297 g/mol. The van der Waals surface area contributed by atoms with Crippen molar-refractivity contribution >= 4 is 5.91 Å². The van der Waals surface area contributed by atoms with Gasteiger partial charge in [0, 0.05) is 30.3 Å². The molecule has 122 valence electrons. The minimum atomic E-state index is -0.507. The van der Waals surface area contributed by atoms with Gasteiger partial charge < -0.3 is 15.2 Å². The van der Waals surface area contributed by atoms with Crippen molar-refractivity contribution in [3.63, 3.8) is 0 Å². The minimum Gasteiger partial charge on any atom is -0.507 e. The molecule has 0 fully saturated rings. The van der Waals surface area contributed by atoms with Crippen LogP contribution in [0.15, 0.2) is 42.5 Å². The number of aromatic hydroxyl groups is 1. The Bertz CT molecular complexity index is 673. The first kappa shape index (κ1) is 17.0. The molecule has 23 heavy (non-hydrogen) atoms. The summed E-state index contributed by atoms with van der Waals surface area (Å²) in [6, 6.07) is 10.6. The maximum atomic E-state index is 13.1. The van der Waals surface area contributed by atoms with Crippen LogP contribution in [0, 0.1) is 5.82 Å². The fraction of sp³-hybridized carbons (Fsp3) is 0.278. The number of amides is 1. The summed E-state index contributed by atoms with van der Waals surface area (Å²) < 4.78 is 18.4. The molecule has 0 heterocycles. The third kappa shape index (κ3) is 4.79. The highest BCUT2D eigenvalue weighted by molar-refractivity contribution is 5.95. The number of hydrogen-bond acceptors (Lipinski definition) is 3. The lowest BCUT2D eigenvalue weighted by Gasteiger charge is -2.09. The summed E-state index contributed by atoms with van der Waals surface area (Å²) in [6.07, 6.45) is 0.942. The first-order chi connectivity index (χ1) is 11.1. The topological polar surface area (TPSA) is 58.6 Å². The van der Waals surface area contributed by atoms with Crippen molar-refractivity contribution in [2.75, 3.05) is 19.8 Å². The molecule has 0 radical (unpaired) electrons. The van der Waals surface area contributed by atoms with Gasteiger partial charge in [-0.3, -0.25) is 4.79 Å².